The molecule has 0 saturated carbocycles. The van der Waals surface area contributed by atoms with Gasteiger partial charge >= 0.3 is 0 Å². The zero-order valence-electron chi connectivity index (χ0n) is 12.0. The van der Waals surface area contributed by atoms with E-state index in [4.69, 9.17) is 5.73 Å². The van der Waals surface area contributed by atoms with Crippen molar-refractivity contribution in [3.05, 3.63) is 24.5 Å². The maximum absolute atomic E-state index is 5.84. The Kier molecular flexibility index (Phi) is 4.04. The molecule has 2 N–H and O–H groups in total. The third-order valence-corrected chi connectivity index (χ3v) is 3.23. The number of fused-ring (bicyclic) bond motifs is 1. The van der Waals surface area contributed by atoms with Crippen LogP contribution in [-0.2, 0) is 0 Å². The van der Waals surface area contributed by atoms with E-state index in [-0.39, 0.29) is 5.41 Å². The Hall–Kier alpha value is -1.62. The number of nitrogens with two attached hydrogens (primary N) is 1. The van der Waals surface area contributed by atoms with Crippen molar-refractivity contribution in [1.29, 1.82) is 0 Å². The fourth-order valence-corrected chi connectivity index (χ4v) is 2.10. The van der Waals surface area contributed by atoms with Crippen LogP contribution < -0.4 is 10.6 Å². The Balaban J connectivity index is 2.26. The SMILES string of the molecule is CCCN(CC(C)(C)CN)c1ccn2nccc2n1. The van der Waals surface area contributed by atoms with Gasteiger partial charge in [-0.2, -0.15) is 5.10 Å². The van der Waals surface area contributed by atoms with Crippen molar-refractivity contribution in [3.8, 4) is 0 Å². The van der Waals surface area contributed by atoms with Gasteiger partial charge in [-0.3, -0.25) is 0 Å². The van der Waals surface area contributed by atoms with Gasteiger partial charge in [0.2, 0.25) is 0 Å². The van der Waals surface area contributed by atoms with Crippen LogP contribution in [0.5, 0.6) is 0 Å². The average molecular weight is 261 g/mol. The predicted octanol–water partition coefficient (Wildman–Crippen LogP) is 1.93. The molecule has 5 heteroatoms. The van der Waals surface area contributed by atoms with E-state index in [2.05, 4.69) is 35.8 Å². The Labute approximate surface area is 114 Å². The molecule has 0 atom stereocenters. The first-order valence-electron chi connectivity index (χ1n) is 6.81. The standard InChI is InChI=1S/C14H23N5/c1-4-8-18(11-14(2,3)10-15)12-6-9-19-13(17-12)5-7-16-19/h5-7,9H,4,8,10-11,15H2,1-3H3. The van der Waals surface area contributed by atoms with Gasteiger partial charge < -0.3 is 10.6 Å². The minimum Gasteiger partial charge on any atom is -0.356 e. The lowest BCUT2D eigenvalue weighted by Gasteiger charge is -2.32. The molecule has 0 aliphatic carbocycles. The number of nitrogens with zero attached hydrogens (tertiary/aromatic N) is 4. The van der Waals surface area contributed by atoms with Crippen LogP contribution in [0, 0.1) is 5.41 Å². The summed E-state index contributed by atoms with van der Waals surface area (Å²) in [6.07, 6.45) is 4.81. The molecule has 2 aromatic rings. The normalized spacial score (nSPS) is 12.0. The maximum atomic E-state index is 5.84. The van der Waals surface area contributed by atoms with Crippen LogP contribution in [0.1, 0.15) is 27.2 Å². The summed E-state index contributed by atoms with van der Waals surface area (Å²) >= 11 is 0. The highest BCUT2D eigenvalue weighted by molar-refractivity contribution is 5.47. The van der Waals surface area contributed by atoms with Crippen molar-refractivity contribution in [2.45, 2.75) is 27.2 Å². The van der Waals surface area contributed by atoms with Crippen LogP contribution in [0.15, 0.2) is 24.5 Å². The lowest BCUT2D eigenvalue weighted by molar-refractivity contribution is 0.376. The van der Waals surface area contributed by atoms with E-state index in [9.17, 15) is 0 Å². The highest BCUT2D eigenvalue weighted by Gasteiger charge is 2.21. The molecule has 2 heterocycles. The van der Waals surface area contributed by atoms with E-state index >= 15 is 0 Å². The van der Waals surface area contributed by atoms with Gasteiger partial charge in [-0.1, -0.05) is 20.8 Å². The van der Waals surface area contributed by atoms with Crippen LogP contribution in [0.4, 0.5) is 5.82 Å². The molecule has 0 spiro atoms. The summed E-state index contributed by atoms with van der Waals surface area (Å²) in [4.78, 5) is 6.96. The summed E-state index contributed by atoms with van der Waals surface area (Å²) in [7, 11) is 0. The van der Waals surface area contributed by atoms with E-state index in [1.54, 1.807) is 10.7 Å². The highest BCUT2D eigenvalue weighted by Crippen LogP contribution is 2.20. The van der Waals surface area contributed by atoms with Crippen molar-refractivity contribution < 1.29 is 0 Å². The minimum atomic E-state index is 0.0865. The molecule has 2 aromatic heterocycles. The Morgan fingerprint density at radius 1 is 1.37 bits per heavy atom. The Morgan fingerprint density at radius 3 is 2.84 bits per heavy atom. The van der Waals surface area contributed by atoms with Crippen LogP contribution >= 0.6 is 0 Å². The van der Waals surface area contributed by atoms with Crippen LogP contribution in [0.2, 0.25) is 0 Å². The first-order chi connectivity index (χ1) is 9.05. The molecule has 0 bridgehead atoms. The molecule has 0 fully saturated rings. The summed E-state index contributed by atoms with van der Waals surface area (Å²) in [5.41, 5.74) is 6.81. The number of hydrogen-bond donors (Lipinski definition) is 1. The van der Waals surface area contributed by atoms with E-state index < -0.39 is 0 Å². The number of rotatable bonds is 6. The largest absolute Gasteiger partial charge is 0.356 e. The number of hydrogen-bond acceptors (Lipinski definition) is 4. The van der Waals surface area contributed by atoms with E-state index in [1.807, 2.05) is 18.3 Å². The molecule has 2 rings (SSSR count). The third-order valence-electron chi connectivity index (χ3n) is 3.23. The monoisotopic (exact) mass is 261 g/mol. The van der Waals surface area contributed by atoms with Crippen molar-refractivity contribution in [1.82, 2.24) is 14.6 Å². The summed E-state index contributed by atoms with van der Waals surface area (Å²) in [6.45, 7) is 9.12. The summed E-state index contributed by atoms with van der Waals surface area (Å²) in [5.74, 6) is 0.997. The number of aromatic nitrogens is 3. The highest BCUT2D eigenvalue weighted by atomic mass is 15.3. The van der Waals surface area contributed by atoms with Crippen LogP contribution in [0.25, 0.3) is 5.65 Å². The second-order valence-electron chi connectivity index (χ2n) is 5.71. The van der Waals surface area contributed by atoms with Crippen LogP contribution in [-0.4, -0.2) is 34.2 Å². The van der Waals surface area contributed by atoms with Crippen molar-refractivity contribution in [2.75, 3.05) is 24.5 Å². The molecule has 5 nitrogen and oxygen atoms in total. The molecule has 19 heavy (non-hydrogen) atoms. The lowest BCUT2D eigenvalue weighted by Crippen LogP contribution is -2.39. The molecule has 0 saturated heterocycles. The third kappa shape index (κ3) is 3.23. The fourth-order valence-electron chi connectivity index (χ4n) is 2.10. The van der Waals surface area contributed by atoms with Crippen molar-refractivity contribution in [2.24, 2.45) is 11.1 Å². The molecular formula is C14H23N5. The molecule has 0 aliphatic rings. The fraction of sp³-hybridized carbons (Fsp3) is 0.571. The summed E-state index contributed by atoms with van der Waals surface area (Å²) < 4.78 is 1.78. The van der Waals surface area contributed by atoms with Crippen LogP contribution in [0.3, 0.4) is 0 Å². The lowest BCUT2D eigenvalue weighted by atomic mass is 9.93. The summed E-state index contributed by atoms with van der Waals surface area (Å²) in [5, 5.41) is 4.17. The van der Waals surface area contributed by atoms with E-state index in [0.717, 1.165) is 31.0 Å². The second-order valence-corrected chi connectivity index (χ2v) is 5.71. The Bertz CT molecular complexity index is 531. The molecule has 0 amide bonds. The quantitative estimate of drug-likeness (QED) is 0.863. The molecule has 0 unspecified atom stereocenters. The van der Waals surface area contributed by atoms with Gasteiger partial charge in [0.25, 0.3) is 0 Å². The Morgan fingerprint density at radius 2 is 2.16 bits per heavy atom. The van der Waals surface area contributed by atoms with Crippen molar-refractivity contribution in [3.63, 3.8) is 0 Å². The number of anilines is 1. The average Bonchev–Trinajstić information content (AvgIpc) is 2.85. The van der Waals surface area contributed by atoms with Gasteiger partial charge in [0.05, 0.1) is 6.20 Å². The predicted molar refractivity (Wildman–Crippen MR) is 78.3 cm³/mol. The second kappa shape index (κ2) is 5.57. The minimum absolute atomic E-state index is 0.0865. The molecule has 0 aromatic carbocycles. The maximum Gasteiger partial charge on any atom is 0.157 e. The summed E-state index contributed by atoms with van der Waals surface area (Å²) in [6, 6.07) is 3.93. The van der Waals surface area contributed by atoms with E-state index in [1.165, 1.54) is 0 Å². The first-order valence-corrected chi connectivity index (χ1v) is 6.81. The molecular weight excluding hydrogens is 238 g/mol. The van der Waals surface area contributed by atoms with Gasteiger partial charge in [-0.05, 0) is 24.4 Å². The van der Waals surface area contributed by atoms with Crippen molar-refractivity contribution >= 4 is 11.5 Å². The molecule has 104 valence electrons. The molecule has 0 radical (unpaired) electrons. The zero-order chi connectivity index (χ0) is 13.9. The smallest absolute Gasteiger partial charge is 0.157 e. The van der Waals surface area contributed by atoms with Gasteiger partial charge in [-0.15, -0.1) is 0 Å². The zero-order valence-corrected chi connectivity index (χ0v) is 12.0. The molecule has 0 aliphatic heterocycles. The van der Waals surface area contributed by atoms with Gasteiger partial charge in [0.15, 0.2) is 5.65 Å². The van der Waals surface area contributed by atoms with Gasteiger partial charge in [0, 0.05) is 25.4 Å². The van der Waals surface area contributed by atoms with Gasteiger partial charge in [0.1, 0.15) is 5.82 Å². The van der Waals surface area contributed by atoms with Gasteiger partial charge in [-0.25, -0.2) is 9.50 Å². The topological polar surface area (TPSA) is 59.5 Å². The van der Waals surface area contributed by atoms with E-state index in [0.29, 0.717) is 6.54 Å². The first kappa shape index (κ1) is 13.8.